The fourth-order valence-electron chi connectivity index (χ4n) is 3.53. The van der Waals surface area contributed by atoms with E-state index in [0.29, 0.717) is 6.61 Å². The van der Waals surface area contributed by atoms with E-state index < -0.39 is 0 Å². The standard InChI is InChI=1S/C24H30N2O3S/c1-3-29-21-13-9-19(10-14-21)25-23(27)17(2)30-22-15-11-20(12-16-22)26-24(28)18-7-5-4-6-8-18/h9-18H,3-8H2,1-2H3,(H,25,27)(H,26,28). The van der Waals surface area contributed by atoms with Gasteiger partial charge in [-0.15, -0.1) is 11.8 Å². The average molecular weight is 427 g/mol. The zero-order valence-electron chi connectivity index (χ0n) is 17.6. The first-order valence-electron chi connectivity index (χ1n) is 10.7. The largest absolute Gasteiger partial charge is 0.494 e. The highest BCUT2D eigenvalue weighted by molar-refractivity contribution is 8.00. The number of rotatable bonds is 8. The van der Waals surface area contributed by atoms with Crippen molar-refractivity contribution in [1.29, 1.82) is 0 Å². The number of amides is 2. The molecule has 30 heavy (non-hydrogen) atoms. The van der Waals surface area contributed by atoms with Crippen molar-refractivity contribution in [1.82, 2.24) is 0 Å². The predicted octanol–water partition coefficient (Wildman–Crippen LogP) is 5.72. The number of nitrogens with one attached hydrogen (secondary N) is 2. The maximum atomic E-state index is 12.5. The number of anilines is 2. The fraction of sp³-hybridized carbons (Fsp3) is 0.417. The smallest absolute Gasteiger partial charge is 0.237 e. The van der Waals surface area contributed by atoms with Gasteiger partial charge in [-0.05, 0) is 75.2 Å². The van der Waals surface area contributed by atoms with Gasteiger partial charge in [-0.25, -0.2) is 0 Å². The lowest BCUT2D eigenvalue weighted by atomic mass is 9.88. The number of carbonyl (C=O) groups excluding carboxylic acids is 2. The van der Waals surface area contributed by atoms with Crippen LogP contribution in [-0.4, -0.2) is 23.7 Å². The Morgan fingerprint density at radius 1 is 0.967 bits per heavy atom. The normalized spacial score (nSPS) is 15.3. The van der Waals surface area contributed by atoms with Gasteiger partial charge in [0.15, 0.2) is 0 Å². The molecule has 2 N–H and O–H groups in total. The minimum Gasteiger partial charge on any atom is -0.494 e. The molecular formula is C24H30N2O3S. The molecular weight excluding hydrogens is 396 g/mol. The van der Waals surface area contributed by atoms with Crippen LogP contribution in [0, 0.1) is 5.92 Å². The van der Waals surface area contributed by atoms with E-state index in [-0.39, 0.29) is 23.0 Å². The van der Waals surface area contributed by atoms with Gasteiger partial charge in [0, 0.05) is 22.2 Å². The highest BCUT2D eigenvalue weighted by Gasteiger charge is 2.21. The molecule has 5 nitrogen and oxygen atoms in total. The van der Waals surface area contributed by atoms with Crippen LogP contribution in [0.25, 0.3) is 0 Å². The number of hydrogen-bond donors (Lipinski definition) is 2. The summed E-state index contributed by atoms with van der Waals surface area (Å²) in [6.45, 7) is 4.43. The van der Waals surface area contributed by atoms with E-state index in [9.17, 15) is 9.59 Å². The molecule has 160 valence electrons. The molecule has 0 radical (unpaired) electrons. The van der Waals surface area contributed by atoms with Crippen LogP contribution < -0.4 is 15.4 Å². The Morgan fingerprint density at radius 2 is 1.57 bits per heavy atom. The molecule has 0 aromatic heterocycles. The van der Waals surface area contributed by atoms with E-state index in [2.05, 4.69) is 10.6 Å². The molecule has 0 bridgehead atoms. The molecule has 2 aromatic rings. The van der Waals surface area contributed by atoms with Crippen molar-refractivity contribution < 1.29 is 14.3 Å². The molecule has 0 aliphatic heterocycles. The van der Waals surface area contributed by atoms with Crippen LogP contribution in [0.5, 0.6) is 5.75 Å². The second-order valence-corrected chi connectivity index (χ2v) is 8.97. The van der Waals surface area contributed by atoms with E-state index in [1.54, 1.807) is 0 Å². The Balaban J connectivity index is 1.49. The van der Waals surface area contributed by atoms with Gasteiger partial charge in [-0.1, -0.05) is 19.3 Å². The third-order valence-electron chi connectivity index (χ3n) is 5.21. The molecule has 1 fully saturated rings. The average Bonchev–Trinajstić information content (AvgIpc) is 2.77. The molecule has 6 heteroatoms. The zero-order valence-corrected chi connectivity index (χ0v) is 18.5. The van der Waals surface area contributed by atoms with E-state index in [4.69, 9.17) is 4.74 Å². The quantitative estimate of drug-likeness (QED) is 0.530. The second-order valence-electron chi connectivity index (χ2n) is 7.56. The highest BCUT2D eigenvalue weighted by atomic mass is 32.2. The minimum atomic E-state index is -0.251. The number of carbonyl (C=O) groups is 2. The first kappa shape index (κ1) is 22.2. The molecule has 0 heterocycles. The summed E-state index contributed by atoms with van der Waals surface area (Å²) in [4.78, 5) is 25.9. The molecule has 3 rings (SSSR count). The first-order chi connectivity index (χ1) is 14.5. The lowest BCUT2D eigenvalue weighted by Crippen LogP contribution is -2.24. The maximum absolute atomic E-state index is 12.5. The van der Waals surface area contributed by atoms with E-state index in [1.165, 1.54) is 18.2 Å². The van der Waals surface area contributed by atoms with Crippen molar-refractivity contribution in [3.8, 4) is 5.75 Å². The van der Waals surface area contributed by atoms with Gasteiger partial charge in [0.2, 0.25) is 11.8 Å². The minimum absolute atomic E-state index is 0.0566. The van der Waals surface area contributed by atoms with Crippen molar-refractivity contribution >= 4 is 35.0 Å². The molecule has 2 aromatic carbocycles. The third-order valence-corrected chi connectivity index (χ3v) is 6.32. The topological polar surface area (TPSA) is 67.4 Å². The Bertz CT molecular complexity index is 831. The van der Waals surface area contributed by atoms with Crippen molar-refractivity contribution in [3.05, 3.63) is 48.5 Å². The number of hydrogen-bond acceptors (Lipinski definition) is 4. The third kappa shape index (κ3) is 6.52. The molecule has 0 spiro atoms. The molecule has 2 amide bonds. The van der Waals surface area contributed by atoms with Gasteiger partial charge in [0.25, 0.3) is 0 Å². The number of thioether (sulfide) groups is 1. The molecule has 1 unspecified atom stereocenters. The Kier molecular flexibility index (Phi) is 8.20. The summed E-state index contributed by atoms with van der Waals surface area (Å²) in [5.41, 5.74) is 1.55. The van der Waals surface area contributed by atoms with Crippen LogP contribution in [0.2, 0.25) is 0 Å². The Labute approximate surface area is 183 Å². The molecule has 0 saturated heterocycles. The first-order valence-corrected chi connectivity index (χ1v) is 11.5. The molecule has 1 saturated carbocycles. The summed E-state index contributed by atoms with van der Waals surface area (Å²) in [5, 5.41) is 5.71. The summed E-state index contributed by atoms with van der Waals surface area (Å²) in [6, 6.07) is 15.1. The van der Waals surface area contributed by atoms with Crippen molar-refractivity contribution in [3.63, 3.8) is 0 Å². The van der Waals surface area contributed by atoms with Gasteiger partial charge >= 0.3 is 0 Å². The van der Waals surface area contributed by atoms with Gasteiger partial charge in [0.05, 0.1) is 11.9 Å². The molecule has 1 aliphatic carbocycles. The summed E-state index contributed by atoms with van der Waals surface area (Å²) in [7, 11) is 0. The monoisotopic (exact) mass is 426 g/mol. The lowest BCUT2D eigenvalue weighted by molar-refractivity contribution is -0.120. The van der Waals surface area contributed by atoms with Crippen LogP contribution in [0.1, 0.15) is 46.0 Å². The Morgan fingerprint density at radius 3 is 2.20 bits per heavy atom. The predicted molar refractivity (Wildman–Crippen MR) is 123 cm³/mol. The van der Waals surface area contributed by atoms with Crippen LogP contribution in [0.3, 0.4) is 0 Å². The van der Waals surface area contributed by atoms with E-state index in [0.717, 1.165) is 47.7 Å². The van der Waals surface area contributed by atoms with Crippen LogP contribution >= 0.6 is 11.8 Å². The molecule has 1 atom stereocenters. The van der Waals surface area contributed by atoms with E-state index in [1.807, 2.05) is 62.4 Å². The summed E-state index contributed by atoms with van der Waals surface area (Å²) < 4.78 is 5.42. The van der Waals surface area contributed by atoms with Crippen LogP contribution in [-0.2, 0) is 9.59 Å². The lowest BCUT2D eigenvalue weighted by Gasteiger charge is -2.20. The van der Waals surface area contributed by atoms with Crippen molar-refractivity contribution in [2.75, 3.05) is 17.2 Å². The fourth-order valence-corrected chi connectivity index (χ4v) is 4.40. The zero-order chi connectivity index (χ0) is 21.3. The van der Waals surface area contributed by atoms with Gasteiger partial charge < -0.3 is 15.4 Å². The SMILES string of the molecule is CCOc1ccc(NC(=O)C(C)Sc2ccc(NC(=O)C3CCCCC3)cc2)cc1. The van der Waals surface area contributed by atoms with Gasteiger partial charge in [-0.2, -0.15) is 0 Å². The molecule has 1 aliphatic rings. The summed E-state index contributed by atoms with van der Waals surface area (Å²) in [6.07, 6.45) is 5.50. The van der Waals surface area contributed by atoms with Crippen molar-refractivity contribution in [2.24, 2.45) is 5.92 Å². The van der Waals surface area contributed by atoms with Gasteiger partial charge in [0.1, 0.15) is 5.75 Å². The number of benzene rings is 2. The van der Waals surface area contributed by atoms with E-state index >= 15 is 0 Å². The second kappa shape index (κ2) is 11.1. The Hall–Kier alpha value is -2.47. The van der Waals surface area contributed by atoms with Crippen LogP contribution in [0.15, 0.2) is 53.4 Å². The van der Waals surface area contributed by atoms with Gasteiger partial charge in [-0.3, -0.25) is 9.59 Å². The highest BCUT2D eigenvalue weighted by Crippen LogP contribution is 2.28. The number of ether oxygens (including phenoxy) is 1. The maximum Gasteiger partial charge on any atom is 0.237 e. The summed E-state index contributed by atoms with van der Waals surface area (Å²) >= 11 is 1.49. The van der Waals surface area contributed by atoms with Crippen LogP contribution in [0.4, 0.5) is 11.4 Å². The van der Waals surface area contributed by atoms with Crippen molar-refractivity contribution in [2.45, 2.75) is 56.1 Å². The summed E-state index contributed by atoms with van der Waals surface area (Å²) in [5.74, 6) is 0.991.